The maximum absolute atomic E-state index is 11.8. The van der Waals surface area contributed by atoms with Crippen molar-refractivity contribution in [3.8, 4) is 0 Å². The quantitative estimate of drug-likeness (QED) is 0.589. The predicted molar refractivity (Wildman–Crippen MR) is 69.5 cm³/mol. The van der Waals surface area contributed by atoms with Crippen molar-refractivity contribution >= 4 is 17.7 Å². The number of thioether (sulfide) groups is 1. The first-order valence-corrected chi connectivity index (χ1v) is 7.13. The van der Waals surface area contributed by atoms with Crippen LogP contribution >= 0.6 is 11.8 Å². The molecule has 0 bridgehead atoms. The van der Waals surface area contributed by atoms with E-state index in [2.05, 4.69) is 0 Å². The summed E-state index contributed by atoms with van der Waals surface area (Å²) in [7, 11) is 1.79. The van der Waals surface area contributed by atoms with Crippen LogP contribution in [0.25, 0.3) is 0 Å². The lowest BCUT2D eigenvalue weighted by atomic mass is 10.2. The zero-order chi connectivity index (χ0) is 12.4. The van der Waals surface area contributed by atoms with E-state index in [9.17, 15) is 4.79 Å². The van der Waals surface area contributed by atoms with Crippen molar-refractivity contribution < 1.29 is 9.90 Å². The van der Waals surface area contributed by atoms with Crippen LogP contribution in [-0.2, 0) is 4.79 Å². The lowest BCUT2D eigenvalue weighted by molar-refractivity contribution is -0.131. The second-order valence-electron chi connectivity index (χ2n) is 3.93. The smallest absolute Gasteiger partial charge is 0.239 e. The van der Waals surface area contributed by atoms with E-state index in [1.54, 1.807) is 23.7 Å². The van der Waals surface area contributed by atoms with Crippen molar-refractivity contribution in [2.45, 2.75) is 31.7 Å². The normalized spacial score (nSPS) is 12.5. The van der Waals surface area contributed by atoms with Gasteiger partial charge < -0.3 is 15.7 Å². The third-order valence-electron chi connectivity index (χ3n) is 2.48. The summed E-state index contributed by atoms with van der Waals surface area (Å²) in [5, 5.41) is 8.62. The summed E-state index contributed by atoms with van der Waals surface area (Å²) >= 11 is 1.71. The van der Waals surface area contributed by atoms with Gasteiger partial charge in [-0.05, 0) is 37.7 Å². The average molecular weight is 248 g/mol. The summed E-state index contributed by atoms with van der Waals surface area (Å²) in [6.45, 7) is 0.955. The fraction of sp³-hybridized carbons (Fsp3) is 0.909. The average Bonchev–Trinajstić information content (AvgIpc) is 2.30. The zero-order valence-corrected chi connectivity index (χ0v) is 11.1. The molecule has 0 heterocycles. The minimum Gasteiger partial charge on any atom is -0.396 e. The number of hydrogen-bond acceptors (Lipinski definition) is 4. The predicted octanol–water partition coefficient (Wildman–Crippen LogP) is 0.688. The van der Waals surface area contributed by atoms with Crippen molar-refractivity contribution in [1.29, 1.82) is 0 Å². The number of rotatable bonds is 9. The maximum atomic E-state index is 11.8. The highest BCUT2D eigenvalue weighted by atomic mass is 32.2. The van der Waals surface area contributed by atoms with E-state index in [4.69, 9.17) is 10.8 Å². The molecular formula is C11H24N2O2S. The summed E-state index contributed by atoms with van der Waals surface area (Å²) in [5.41, 5.74) is 5.79. The van der Waals surface area contributed by atoms with E-state index in [-0.39, 0.29) is 18.6 Å². The lowest BCUT2D eigenvalue weighted by Crippen LogP contribution is -2.42. The number of aliphatic hydroxyl groups is 1. The standard InChI is InChI=1S/C11H24N2O2S/c1-13(7-4-3-5-8-14)11(15)10(12)6-9-16-2/h10,14H,3-9,12H2,1-2H3/t10-/m0/s1. The van der Waals surface area contributed by atoms with Gasteiger partial charge in [-0.15, -0.1) is 0 Å². The van der Waals surface area contributed by atoms with Crippen molar-refractivity contribution in [1.82, 2.24) is 4.90 Å². The first-order valence-electron chi connectivity index (χ1n) is 5.73. The van der Waals surface area contributed by atoms with Crippen LogP contribution in [-0.4, -0.2) is 54.2 Å². The van der Waals surface area contributed by atoms with Crippen LogP contribution in [0.1, 0.15) is 25.7 Å². The third-order valence-corrected chi connectivity index (χ3v) is 3.12. The highest BCUT2D eigenvalue weighted by Crippen LogP contribution is 2.03. The molecule has 0 unspecified atom stereocenters. The van der Waals surface area contributed by atoms with E-state index in [1.165, 1.54) is 0 Å². The van der Waals surface area contributed by atoms with Crippen LogP contribution in [0.2, 0.25) is 0 Å². The number of aliphatic hydroxyl groups excluding tert-OH is 1. The van der Waals surface area contributed by atoms with Crippen LogP contribution in [0, 0.1) is 0 Å². The minimum atomic E-state index is -0.365. The third kappa shape index (κ3) is 7.09. The molecular weight excluding hydrogens is 224 g/mol. The molecule has 0 aliphatic carbocycles. The summed E-state index contributed by atoms with van der Waals surface area (Å²) in [6, 6.07) is -0.365. The molecule has 0 aromatic heterocycles. The van der Waals surface area contributed by atoms with Crippen LogP contribution in [0.5, 0.6) is 0 Å². The summed E-state index contributed by atoms with van der Waals surface area (Å²) < 4.78 is 0. The summed E-state index contributed by atoms with van der Waals surface area (Å²) in [5.74, 6) is 0.948. The second-order valence-corrected chi connectivity index (χ2v) is 4.92. The fourth-order valence-electron chi connectivity index (χ4n) is 1.40. The molecule has 4 nitrogen and oxygen atoms in total. The fourth-order valence-corrected chi connectivity index (χ4v) is 1.89. The first-order chi connectivity index (χ1) is 7.63. The van der Waals surface area contributed by atoms with Crippen molar-refractivity contribution in [2.24, 2.45) is 5.73 Å². The molecule has 0 aromatic rings. The summed E-state index contributed by atoms with van der Waals surface area (Å²) in [4.78, 5) is 13.5. The van der Waals surface area contributed by atoms with E-state index in [0.29, 0.717) is 0 Å². The largest absolute Gasteiger partial charge is 0.396 e. The highest BCUT2D eigenvalue weighted by Gasteiger charge is 2.16. The van der Waals surface area contributed by atoms with Crippen LogP contribution < -0.4 is 5.73 Å². The van der Waals surface area contributed by atoms with Gasteiger partial charge in [0.05, 0.1) is 6.04 Å². The molecule has 0 radical (unpaired) electrons. The van der Waals surface area contributed by atoms with Gasteiger partial charge in [-0.2, -0.15) is 11.8 Å². The molecule has 0 saturated carbocycles. The Morgan fingerprint density at radius 1 is 1.44 bits per heavy atom. The second kappa shape index (κ2) is 9.93. The van der Waals surface area contributed by atoms with Gasteiger partial charge in [-0.25, -0.2) is 0 Å². The Morgan fingerprint density at radius 2 is 2.12 bits per heavy atom. The molecule has 0 aliphatic rings. The molecule has 0 spiro atoms. The molecule has 96 valence electrons. The van der Waals surface area contributed by atoms with Crippen LogP contribution in [0.15, 0.2) is 0 Å². The molecule has 16 heavy (non-hydrogen) atoms. The van der Waals surface area contributed by atoms with E-state index in [1.807, 2.05) is 6.26 Å². The van der Waals surface area contributed by atoms with Gasteiger partial charge in [0.1, 0.15) is 0 Å². The summed E-state index contributed by atoms with van der Waals surface area (Å²) in [6.07, 6.45) is 5.43. The first kappa shape index (κ1) is 15.7. The number of carbonyl (C=O) groups is 1. The number of hydrogen-bond donors (Lipinski definition) is 2. The molecule has 1 amide bonds. The SMILES string of the molecule is CSCC[C@H](N)C(=O)N(C)CCCCCO. The van der Waals surface area contributed by atoms with Gasteiger partial charge in [0.15, 0.2) is 0 Å². The number of carbonyl (C=O) groups excluding carboxylic acids is 1. The van der Waals surface area contributed by atoms with E-state index < -0.39 is 0 Å². The van der Waals surface area contributed by atoms with Gasteiger partial charge in [0.2, 0.25) is 5.91 Å². The van der Waals surface area contributed by atoms with Crippen molar-refractivity contribution in [3.63, 3.8) is 0 Å². The number of likely N-dealkylation sites (N-methyl/N-ethyl adjacent to an activating group) is 1. The lowest BCUT2D eigenvalue weighted by Gasteiger charge is -2.21. The highest BCUT2D eigenvalue weighted by molar-refractivity contribution is 7.98. The molecule has 3 N–H and O–H groups in total. The topological polar surface area (TPSA) is 66.6 Å². The number of nitrogens with zero attached hydrogens (tertiary/aromatic N) is 1. The number of unbranched alkanes of at least 4 members (excludes halogenated alkanes) is 2. The van der Waals surface area contributed by atoms with Gasteiger partial charge in [0.25, 0.3) is 0 Å². The van der Waals surface area contributed by atoms with Gasteiger partial charge in [-0.1, -0.05) is 0 Å². The number of nitrogens with two attached hydrogens (primary N) is 1. The molecule has 1 atom stereocenters. The van der Waals surface area contributed by atoms with E-state index >= 15 is 0 Å². The molecule has 0 aliphatic heterocycles. The molecule has 0 rings (SSSR count). The maximum Gasteiger partial charge on any atom is 0.239 e. The molecule has 0 fully saturated rings. The molecule has 5 heteroatoms. The molecule has 0 saturated heterocycles. The Morgan fingerprint density at radius 3 is 2.69 bits per heavy atom. The monoisotopic (exact) mass is 248 g/mol. The van der Waals surface area contributed by atoms with Crippen molar-refractivity contribution in [3.05, 3.63) is 0 Å². The minimum absolute atomic E-state index is 0.0260. The van der Waals surface area contributed by atoms with E-state index in [0.717, 1.165) is 38.0 Å². The van der Waals surface area contributed by atoms with Gasteiger partial charge in [-0.3, -0.25) is 4.79 Å². The van der Waals surface area contributed by atoms with Crippen molar-refractivity contribution in [2.75, 3.05) is 32.2 Å². The Balaban J connectivity index is 3.70. The zero-order valence-electron chi connectivity index (χ0n) is 10.3. The Bertz CT molecular complexity index is 191. The van der Waals surface area contributed by atoms with Gasteiger partial charge in [0, 0.05) is 20.2 Å². The Labute approximate surface area is 103 Å². The Hall–Kier alpha value is -0.260. The van der Waals surface area contributed by atoms with Gasteiger partial charge >= 0.3 is 0 Å². The molecule has 0 aromatic carbocycles. The number of amides is 1. The van der Waals surface area contributed by atoms with Crippen LogP contribution in [0.4, 0.5) is 0 Å². The van der Waals surface area contributed by atoms with Crippen LogP contribution in [0.3, 0.4) is 0 Å². The Kier molecular flexibility index (Phi) is 9.77.